The van der Waals surface area contributed by atoms with Gasteiger partial charge >= 0.3 is 5.97 Å². The zero-order valence-electron chi connectivity index (χ0n) is 4.39. The van der Waals surface area contributed by atoms with Gasteiger partial charge in [-0.05, 0) is 0 Å². The topological polar surface area (TPSA) is 113 Å². The van der Waals surface area contributed by atoms with Gasteiger partial charge in [0.25, 0.3) is 0 Å². The van der Waals surface area contributed by atoms with E-state index in [2.05, 4.69) is 4.89 Å². The lowest BCUT2D eigenvalue weighted by molar-refractivity contribution is -0.337. The quantitative estimate of drug-likeness (QED) is 0.207. The Bertz CT molecular complexity index is 104. The molecule has 0 spiro atoms. The van der Waals surface area contributed by atoms with Gasteiger partial charge in [0, 0.05) is 0 Å². The summed E-state index contributed by atoms with van der Waals surface area (Å²) in [6.07, 6.45) is -1.87. The molecule has 0 saturated carbocycles. The first-order chi connectivity index (χ1) is 4.09. The summed E-state index contributed by atoms with van der Waals surface area (Å²) in [6.45, 7) is 0. The molecule has 0 aliphatic rings. The molecular formula is C3H7NO5. The number of hydrogen-bond donors (Lipinski definition) is 4. The molecule has 0 heterocycles. The molecule has 0 aliphatic heterocycles. The lowest BCUT2D eigenvalue weighted by atomic mass is 10.3. The Labute approximate surface area is 50.4 Å². The van der Waals surface area contributed by atoms with Crippen molar-refractivity contribution in [2.75, 3.05) is 0 Å². The van der Waals surface area contributed by atoms with Gasteiger partial charge in [-0.2, -0.15) is 0 Å². The third-order valence-corrected chi connectivity index (χ3v) is 0.700. The number of carbonyl (C=O) groups is 1. The maximum absolute atomic E-state index is 9.82. The summed E-state index contributed by atoms with van der Waals surface area (Å²) in [5.41, 5.74) is 4.74. The fourth-order valence-electron chi connectivity index (χ4n) is 0.188. The molecule has 6 nitrogen and oxygen atoms in total. The Hall–Kier alpha value is -0.690. The number of aliphatic hydroxyl groups is 1. The van der Waals surface area contributed by atoms with Crippen molar-refractivity contribution in [2.24, 2.45) is 5.73 Å². The SMILES string of the molecule is NC(C(=O)O)C(O)OO. The van der Waals surface area contributed by atoms with Crippen LogP contribution in [0.3, 0.4) is 0 Å². The number of rotatable bonds is 3. The summed E-state index contributed by atoms with van der Waals surface area (Å²) in [7, 11) is 0. The monoisotopic (exact) mass is 137 g/mol. The van der Waals surface area contributed by atoms with E-state index in [-0.39, 0.29) is 0 Å². The summed E-state index contributed by atoms with van der Waals surface area (Å²) in [5, 5.41) is 24.0. The summed E-state index contributed by atoms with van der Waals surface area (Å²) in [6, 6.07) is -1.62. The van der Waals surface area contributed by atoms with Crippen molar-refractivity contribution in [3.8, 4) is 0 Å². The normalized spacial score (nSPS) is 16.8. The first-order valence-corrected chi connectivity index (χ1v) is 2.06. The van der Waals surface area contributed by atoms with Crippen LogP contribution in [0.5, 0.6) is 0 Å². The Kier molecular flexibility index (Phi) is 3.10. The van der Waals surface area contributed by atoms with Crippen LogP contribution in [0, 0.1) is 0 Å². The second kappa shape index (κ2) is 3.36. The molecule has 0 saturated heterocycles. The smallest absolute Gasteiger partial charge is 0.325 e. The molecule has 9 heavy (non-hydrogen) atoms. The average Bonchev–Trinajstić information content (AvgIpc) is 1.84. The Morgan fingerprint density at radius 3 is 2.22 bits per heavy atom. The number of nitrogens with two attached hydrogens (primary N) is 1. The van der Waals surface area contributed by atoms with Gasteiger partial charge in [-0.15, -0.1) is 0 Å². The summed E-state index contributed by atoms with van der Waals surface area (Å²) in [4.78, 5) is 13.0. The number of aliphatic hydroxyl groups excluding tert-OH is 1. The van der Waals surface area contributed by atoms with E-state index in [9.17, 15) is 4.79 Å². The van der Waals surface area contributed by atoms with Gasteiger partial charge < -0.3 is 15.9 Å². The zero-order chi connectivity index (χ0) is 7.44. The molecule has 0 aromatic carbocycles. The number of carboxylic acid groups (broad SMARTS) is 1. The van der Waals surface area contributed by atoms with Gasteiger partial charge in [0.1, 0.15) is 0 Å². The molecule has 0 radical (unpaired) electrons. The molecule has 0 aliphatic carbocycles. The highest BCUT2D eigenvalue weighted by atomic mass is 17.1. The molecule has 0 rings (SSSR count). The van der Waals surface area contributed by atoms with Crippen LogP contribution in [0.2, 0.25) is 0 Å². The highest BCUT2D eigenvalue weighted by Gasteiger charge is 2.22. The number of carboxylic acids is 1. The fraction of sp³-hybridized carbons (Fsp3) is 0.667. The van der Waals surface area contributed by atoms with Gasteiger partial charge in [-0.1, -0.05) is 0 Å². The van der Waals surface area contributed by atoms with Crippen molar-refractivity contribution in [1.29, 1.82) is 0 Å². The molecule has 0 aromatic rings. The predicted octanol–water partition coefficient (Wildman–Crippen LogP) is -1.79. The Morgan fingerprint density at radius 1 is 1.67 bits per heavy atom. The van der Waals surface area contributed by atoms with Crippen molar-refractivity contribution < 1.29 is 25.2 Å². The molecule has 54 valence electrons. The van der Waals surface area contributed by atoms with Gasteiger partial charge in [0.15, 0.2) is 6.04 Å². The van der Waals surface area contributed by atoms with Crippen LogP contribution in [-0.2, 0) is 9.68 Å². The van der Waals surface area contributed by atoms with E-state index in [4.69, 9.17) is 21.2 Å². The number of aliphatic carboxylic acids is 1. The van der Waals surface area contributed by atoms with Gasteiger partial charge in [0.05, 0.1) is 0 Å². The molecular weight excluding hydrogens is 130 g/mol. The predicted molar refractivity (Wildman–Crippen MR) is 25.3 cm³/mol. The minimum Gasteiger partial charge on any atom is -0.480 e. The summed E-state index contributed by atoms with van der Waals surface area (Å²) < 4.78 is 0. The molecule has 2 atom stereocenters. The minimum absolute atomic E-state index is 1.45. The van der Waals surface area contributed by atoms with E-state index >= 15 is 0 Å². The van der Waals surface area contributed by atoms with E-state index in [1.54, 1.807) is 0 Å². The maximum atomic E-state index is 9.82. The van der Waals surface area contributed by atoms with E-state index < -0.39 is 18.3 Å². The molecule has 0 fully saturated rings. The highest BCUT2D eigenvalue weighted by molar-refractivity contribution is 5.73. The van der Waals surface area contributed by atoms with E-state index in [0.29, 0.717) is 0 Å². The number of hydrogen-bond acceptors (Lipinski definition) is 5. The van der Waals surface area contributed by atoms with Crippen LogP contribution in [0.4, 0.5) is 0 Å². The van der Waals surface area contributed by atoms with Crippen LogP contribution >= 0.6 is 0 Å². The van der Waals surface area contributed by atoms with E-state index in [1.807, 2.05) is 0 Å². The van der Waals surface area contributed by atoms with Crippen molar-refractivity contribution in [3.05, 3.63) is 0 Å². The zero-order valence-corrected chi connectivity index (χ0v) is 4.39. The summed E-state index contributed by atoms with van der Waals surface area (Å²) in [5.74, 6) is -1.45. The molecule has 5 N–H and O–H groups in total. The second-order valence-corrected chi connectivity index (χ2v) is 1.36. The first kappa shape index (κ1) is 8.31. The second-order valence-electron chi connectivity index (χ2n) is 1.36. The molecule has 6 heteroatoms. The third-order valence-electron chi connectivity index (χ3n) is 0.700. The molecule has 0 aromatic heterocycles. The van der Waals surface area contributed by atoms with Gasteiger partial charge in [0.2, 0.25) is 6.29 Å². The van der Waals surface area contributed by atoms with Crippen LogP contribution in [0.1, 0.15) is 0 Å². The van der Waals surface area contributed by atoms with Crippen LogP contribution in [-0.4, -0.2) is 33.8 Å². The highest BCUT2D eigenvalue weighted by Crippen LogP contribution is 1.88. The lowest BCUT2D eigenvalue weighted by Crippen LogP contribution is -2.42. The Morgan fingerprint density at radius 2 is 2.11 bits per heavy atom. The van der Waals surface area contributed by atoms with E-state index in [0.717, 1.165) is 0 Å². The Balaban J connectivity index is 3.72. The maximum Gasteiger partial charge on any atom is 0.325 e. The van der Waals surface area contributed by atoms with Crippen molar-refractivity contribution in [3.63, 3.8) is 0 Å². The van der Waals surface area contributed by atoms with Gasteiger partial charge in [-0.25, -0.2) is 10.1 Å². The molecule has 0 bridgehead atoms. The molecule has 2 unspecified atom stereocenters. The standard InChI is InChI=1S/C3H7NO5/c4-1(2(5)6)3(7)9-8/h1,3,7-8H,4H2,(H,5,6). The van der Waals surface area contributed by atoms with Crippen LogP contribution in [0.25, 0.3) is 0 Å². The van der Waals surface area contributed by atoms with Crippen molar-refractivity contribution in [2.45, 2.75) is 12.3 Å². The summed E-state index contributed by atoms with van der Waals surface area (Å²) >= 11 is 0. The minimum atomic E-state index is -1.87. The van der Waals surface area contributed by atoms with Gasteiger partial charge in [-0.3, -0.25) is 4.79 Å². The average molecular weight is 137 g/mol. The van der Waals surface area contributed by atoms with Crippen molar-refractivity contribution >= 4 is 5.97 Å². The largest absolute Gasteiger partial charge is 0.480 e. The van der Waals surface area contributed by atoms with E-state index in [1.165, 1.54) is 0 Å². The third kappa shape index (κ3) is 2.38. The van der Waals surface area contributed by atoms with Crippen molar-refractivity contribution in [1.82, 2.24) is 0 Å². The van der Waals surface area contributed by atoms with Crippen LogP contribution in [0.15, 0.2) is 0 Å². The first-order valence-electron chi connectivity index (χ1n) is 2.06. The molecule has 0 amide bonds. The fourth-order valence-corrected chi connectivity index (χ4v) is 0.188. The lowest BCUT2D eigenvalue weighted by Gasteiger charge is -2.09. The van der Waals surface area contributed by atoms with Crippen LogP contribution < -0.4 is 5.73 Å².